The molecule has 0 fully saturated rings. The van der Waals surface area contributed by atoms with E-state index in [4.69, 9.17) is 12.2 Å². The summed E-state index contributed by atoms with van der Waals surface area (Å²) in [6.07, 6.45) is 0. The SMILES string of the molecule is Cn1c(=S)[nH]c2cc3ccccc3cc2c1=O. The number of H-pyrrole nitrogens is 1. The second-order valence-corrected chi connectivity index (χ2v) is 4.43. The average Bonchev–Trinajstić information content (AvgIpc) is 2.34. The molecule has 0 atom stereocenters. The number of hydrogen-bond acceptors (Lipinski definition) is 2. The number of fused-ring (bicyclic) bond motifs is 2. The van der Waals surface area contributed by atoms with Gasteiger partial charge >= 0.3 is 0 Å². The molecule has 1 N–H and O–H groups in total. The standard InChI is InChI=1S/C13H10N2OS/c1-15-12(16)10-6-8-4-2-3-5-9(8)7-11(10)14-13(15)17/h2-7H,1H3,(H,14,17). The largest absolute Gasteiger partial charge is 0.332 e. The first-order chi connectivity index (χ1) is 8.16. The summed E-state index contributed by atoms with van der Waals surface area (Å²) in [4.78, 5) is 15.1. The molecule has 84 valence electrons. The van der Waals surface area contributed by atoms with Gasteiger partial charge in [0.2, 0.25) is 0 Å². The molecule has 3 rings (SSSR count). The van der Waals surface area contributed by atoms with Crippen molar-refractivity contribution in [2.24, 2.45) is 7.05 Å². The number of rotatable bonds is 0. The molecule has 3 nitrogen and oxygen atoms in total. The van der Waals surface area contributed by atoms with Crippen LogP contribution in [-0.2, 0) is 7.05 Å². The Bertz CT molecular complexity index is 845. The molecule has 0 spiro atoms. The first-order valence-corrected chi connectivity index (χ1v) is 5.69. The van der Waals surface area contributed by atoms with Crippen LogP contribution in [0.15, 0.2) is 41.2 Å². The lowest BCUT2D eigenvalue weighted by molar-refractivity contribution is 0.824. The molecule has 0 bridgehead atoms. The maximum absolute atomic E-state index is 12.1. The second kappa shape index (κ2) is 3.53. The number of aromatic amines is 1. The van der Waals surface area contributed by atoms with Gasteiger partial charge in [0.05, 0.1) is 10.9 Å². The van der Waals surface area contributed by atoms with Gasteiger partial charge in [-0.2, -0.15) is 0 Å². The minimum Gasteiger partial charge on any atom is -0.332 e. The van der Waals surface area contributed by atoms with Crippen LogP contribution >= 0.6 is 12.2 Å². The number of aromatic nitrogens is 2. The molecular formula is C13H10N2OS. The molecule has 0 amide bonds. The van der Waals surface area contributed by atoms with Crippen LogP contribution in [0.4, 0.5) is 0 Å². The zero-order valence-electron chi connectivity index (χ0n) is 9.23. The lowest BCUT2D eigenvalue weighted by Crippen LogP contribution is -2.18. The van der Waals surface area contributed by atoms with Gasteiger partial charge in [0, 0.05) is 7.05 Å². The summed E-state index contributed by atoms with van der Waals surface area (Å²) in [6, 6.07) is 11.8. The van der Waals surface area contributed by atoms with Gasteiger partial charge in [-0.1, -0.05) is 24.3 Å². The third-order valence-corrected chi connectivity index (χ3v) is 3.34. The first kappa shape index (κ1) is 10.2. The van der Waals surface area contributed by atoms with E-state index < -0.39 is 0 Å². The van der Waals surface area contributed by atoms with Gasteiger partial charge in [0.1, 0.15) is 0 Å². The fourth-order valence-corrected chi connectivity index (χ4v) is 2.19. The minimum atomic E-state index is -0.0606. The minimum absolute atomic E-state index is 0.0606. The summed E-state index contributed by atoms with van der Waals surface area (Å²) in [6.45, 7) is 0. The normalized spacial score (nSPS) is 11.1. The zero-order chi connectivity index (χ0) is 12.0. The summed E-state index contributed by atoms with van der Waals surface area (Å²) in [5.74, 6) is 0. The topological polar surface area (TPSA) is 37.8 Å². The van der Waals surface area contributed by atoms with Crippen LogP contribution in [0.25, 0.3) is 21.7 Å². The van der Waals surface area contributed by atoms with Gasteiger partial charge in [0.15, 0.2) is 4.77 Å². The van der Waals surface area contributed by atoms with E-state index in [1.807, 2.05) is 36.4 Å². The highest BCUT2D eigenvalue weighted by Crippen LogP contribution is 2.18. The number of benzene rings is 2. The van der Waals surface area contributed by atoms with E-state index in [-0.39, 0.29) is 5.56 Å². The molecule has 0 unspecified atom stereocenters. The molecule has 4 heteroatoms. The van der Waals surface area contributed by atoms with Crippen molar-refractivity contribution in [2.45, 2.75) is 0 Å². The summed E-state index contributed by atoms with van der Waals surface area (Å²) in [5.41, 5.74) is 0.728. The Morgan fingerprint density at radius 3 is 2.53 bits per heavy atom. The molecule has 3 aromatic rings. The predicted octanol–water partition coefficient (Wildman–Crippen LogP) is 2.75. The first-order valence-electron chi connectivity index (χ1n) is 5.28. The van der Waals surface area contributed by atoms with Gasteiger partial charge in [-0.25, -0.2) is 0 Å². The number of nitrogens with zero attached hydrogens (tertiary/aromatic N) is 1. The number of hydrogen-bond donors (Lipinski definition) is 1. The Morgan fingerprint density at radius 1 is 1.18 bits per heavy atom. The van der Waals surface area contributed by atoms with E-state index >= 15 is 0 Å². The van der Waals surface area contributed by atoms with Crippen molar-refractivity contribution in [3.8, 4) is 0 Å². The van der Waals surface area contributed by atoms with Crippen molar-refractivity contribution >= 4 is 33.9 Å². The highest BCUT2D eigenvalue weighted by atomic mass is 32.1. The highest BCUT2D eigenvalue weighted by Gasteiger charge is 2.04. The molecule has 0 aliphatic rings. The van der Waals surface area contributed by atoms with E-state index in [9.17, 15) is 4.79 Å². The lowest BCUT2D eigenvalue weighted by Gasteiger charge is -2.04. The van der Waals surface area contributed by atoms with Crippen LogP contribution < -0.4 is 5.56 Å². The molecule has 0 aliphatic carbocycles. The van der Waals surface area contributed by atoms with Crippen molar-refractivity contribution in [3.63, 3.8) is 0 Å². The van der Waals surface area contributed by atoms with E-state index in [1.165, 1.54) is 4.57 Å². The second-order valence-electron chi connectivity index (χ2n) is 4.04. The van der Waals surface area contributed by atoms with Crippen LogP contribution in [0, 0.1) is 4.77 Å². The Morgan fingerprint density at radius 2 is 1.82 bits per heavy atom. The van der Waals surface area contributed by atoms with Crippen LogP contribution in [0.1, 0.15) is 0 Å². The Hall–Kier alpha value is -1.94. The van der Waals surface area contributed by atoms with Gasteiger partial charge in [-0.15, -0.1) is 0 Å². The summed E-state index contributed by atoms with van der Waals surface area (Å²) in [7, 11) is 1.68. The van der Waals surface area contributed by atoms with E-state index in [0.717, 1.165) is 16.3 Å². The van der Waals surface area contributed by atoms with Crippen molar-refractivity contribution in [3.05, 3.63) is 51.5 Å². The summed E-state index contributed by atoms with van der Waals surface area (Å²) < 4.78 is 1.89. The van der Waals surface area contributed by atoms with E-state index in [1.54, 1.807) is 7.05 Å². The summed E-state index contributed by atoms with van der Waals surface area (Å²) in [5, 5.41) is 2.82. The molecule has 1 aromatic heterocycles. The molecule has 1 heterocycles. The fourth-order valence-electron chi connectivity index (χ4n) is 1.99. The maximum Gasteiger partial charge on any atom is 0.261 e. The molecule has 0 saturated carbocycles. The van der Waals surface area contributed by atoms with Gasteiger partial charge < -0.3 is 4.98 Å². The molecule has 0 aliphatic heterocycles. The van der Waals surface area contributed by atoms with Gasteiger partial charge in [-0.3, -0.25) is 9.36 Å². The van der Waals surface area contributed by atoms with E-state index in [2.05, 4.69) is 4.98 Å². The monoisotopic (exact) mass is 242 g/mol. The molecule has 2 aromatic carbocycles. The Labute approximate surface area is 102 Å². The van der Waals surface area contributed by atoms with Crippen LogP contribution in [0.3, 0.4) is 0 Å². The molecule has 0 saturated heterocycles. The quantitative estimate of drug-likeness (QED) is 0.486. The third-order valence-electron chi connectivity index (χ3n) is 2.97. The Kier molecular flexibility index (Phi) is 2.12. The third kappa shape index (κ3) is 1.49. The van der Waals surface area contributed by atoms with Crippen molar-refractivity contribution in [1.82, 2.24) is 9.55 Å². The molecule has 17 heavy (non-hydrogen) atoms. The maximum atomic E-state index is 12.1. The summed E-state index contributed by atoms with van der Waals surface area (Å²) >= 11 is 5.10. The average molecular weight is 242 g/mol. The van der Waals surface area contributed by atoms with Crippen molar-refractivity contribution in [2.75, 3.05) is 0 Å². The van der Waals surface area contributed by atoms with Gasteiger partial charge in [-0.05, 0) is 35.1 Å². The lowest BCUT2D eigenvalue weighted by atomic mass is 10.1. The number of nitrogens with one attached hydrogen (secondary N) is 1. The predicted molar refractivity (Wildman–Crippen MR) is 71.9 cm³/mol. The smallest absolute Gasteiger partial charge is 0.261 e. The zero-order valence-corrected chi connectivity index (χ0v) is 10.0. The Balaban J connectivity index is 2.62. The fraction of sp³-hybridized carbons (Fsp3) is 0.0769. The van der Waals surface area contributed by atoms with Crippen molar-refractivity contribution < 1.29 is 0 Å². The van der Waals surface area contributed by atoms with Gasteiger partial charge in [0.25, 0.3) is 5.56 Å². The molecule has 0 radical (unpaired) electrons. The van der Waals surface area contributed by atoms with E-state index in [0.29, 0.717) is 10.2 Å². The van der Waals surface area contributed by atoms with Crippen LogP contribution in [-0.4, -0.2) is 9.55 Å². The van der Waals surface area contributed by atoms with Crippen LogP contribution in [0.5, 0.6) is 0 Å². The van der Waals surface area contributed by atoms with Crippen LogP contribution in [0.2, 0.25) is 0 Å². The van der Waals surface area contributed by atoms with Crippen molar-refractivity contribution in [1.29, 1.82) is 0 Å². The highest BCUT2D eigenvalue weighted by molar-refractivity contribution is 7.71. The molecular weight excluding hydrogens is 232 g/mol.